The molecule has 6 heteroatoms. The summed E-state index contributed by atoms with van der Waals surface area (Å²) < 4.78 is 52.7. The summed E-state index contributed by atoms with van der Waals surface area (Å²) in [5, 5.41) is 0. The summed E-state index contributed by atoms with van der Waals surface area (Å²) in [4.78, 5) is 0.148. The van der Waals surface area contributed by atoms with Crippen molar-refractivity contribution >= 4 is 19.7 Å². The van der Waals surface area contributed by atoms with Crippen molar-refractivity contribution in [3.05, 3.63) is 59.7 Å². The molecule has 0 heterocycles. The monoisotopic (exact) mass is 562 g/mol. The molecule has 2 aromatic rings. The molecule has 2 aromatic carbocycles. The van der Waals surface area contributed by atoms with Gasteiger partial charge in [0.05, 0.1) is 9.79 Å². The highest BCUT2D eigenvalue weighted by molar-refractivity contribution is 8.09. The molecule has 0 unspecified atom stereocenters. The Morgan fingerprint density at radius 2 is 0.763 bits per heavy atom. The van der Waals surface area contributed by atoms with Gasteiger partial charge in [-0.2, -0.15) is 0 Å². The predicted molar refractivity (Wildman–Crippen MR) is 160 cm³/mol. The van der Waals surface area contributed by atoms with Crippen LogP contribution in [-0.4, -0.2) is 21.4 Å². The fraction of sp³-hybridized carbons (Fsp3) is 0.625. The lowest BCUT2D eigenvalue weighted by atomic mass is 10.0. The molecule has 0 radical (unpaired) electrons. The van der Waals surface area contributed by atoms with E-state index in [1.165, 1.54) is 94.9 Å². The summed E-state index contributed by atoms with van der Waals surface area (Å²) in [7, 11) is -8.08. The van der Waals surface area contributed by atoms with Crippen LogP contribution in [0.15, 0.2) is 58.3 Å². The van der Waals surface area contributed by atoms with Crippen molar-refractivity contribution < 1.29 is 16.8 Å². The lowest BCUT2D eigenvalue weighted by Crippen LogP contribution is -2.31. The van der Waals surface area contributed by atoms with Crippen molar-refractivity contribution in [2.75, 3.05) is 0 Å². The fourth-order valence-electron chi connectivity index (χ4n) is 4.92. The molecule has 0 saturated carbocycles. The van der Waals surface area contributed by atoms with Gasteiger partial charge >= 0.3 is 0 Å². The SMILES string of the molecule is CCCCCCCCCCCCCCCCCC(S(=O)(=O)c1ccc(C)cc1)S(=O)(=O)c1ccc(C)cc1. The summed E-state index contributed by atoms with van der Waals surface area (Å²) in [6.45, 7) is 6.02. The second kappa shape index (κ2) is 17.1. The Balaban J connectivity index is 1.83. The number of unbranched alkanes of at least 4 members (excludes halogenated alkanes) is 14. The summed E-state index contributed by atoms with van der Waals surface area (Å²) in [6.07, 6.45) is 18.3. The molecular formula is C32H50O4S2. The molecule has 0 aliphatic carbocycles. The minimum Gasteiger partial charge on any atom is -0.222 e. The molecule has 0 saturated heterocycles. The van der Waals surface area contributed by atoms with E-state index >= 15 is 0 Å². The minimum absolute atomic E-state index is 0.0738. The molecule has 0 atom stereocenters. The third kappa shape index (κ3) is 10.8. The van der Waals surface area contributed by atoms with Crippen LogP contribution in [0.1, 0.15) is 121 Å². The lowest BCUT2D eigenvalue weighted by Gasteiger charge is -2.19. The molecule has 0 N–H and O–H groups in total. The molecule has 2 rings (SSSR count). The summed E-state index contributed by atoms with van der Waals surface area (Å²) >= 11 is 0. The van der Waals surface area contributed by atoms with Crippen LogP contribution in [0.5, 0.6) is 0 Å². The van der Waals surface area contributed by atoms with Crippen molar-refractivity contribution in [2.45, 2.75) is 138 Å². The summed E-state index contributed by atoms with van der Waals surface area (Å²) in [5.41, 5.74) is 1.87. The van der Waals surface area contributed by atoms with Gasteiger partial charge in [0.1, 0.15) is 0 Å². The average Bonchev–Trinajstić information content (AvgIpc) is 2.88. The topological polar surface area (TPSA) is 68.3 Å². The maximum atomic E-state index is 13.5. The van der Waals surface area contributed by atoms with Gasteiger partial charge in [0.15, 0.2) is 24.3 Å². The van der Waals surface area contributed by atoms with E-state index in [2.05, 4.69) is 6.92 Å². The van der Waals surface area contributed by atoms with Crippen LogP contribution in [0, 0.1) is 13.8 Å². The molecular weight excluding hydrogens is 512 g/mol. The highest BCUT2D eigenvalue weighted by atomic mass is 32.3. The maximum absolute atomic E-state index is 13.5. The number of benzene rings is 2. The van der Waals surface area contributed by atoms with E-state index in [1.54, 1.807) is 24.3 Å². The van der Waals surface area contributed by atoms with E-state index < -0.39 is 24.3 Å². The van der Waals surface area contributed by atoms with E-state index in [4.69, 9.17) is 0 Å². The zero-order valence-corrected chi connectivity index (χ0v) is 25.6. The van der Waals surface area contributed by atoms with Gasteiger partial charge in [0, 0.05) is 0 Å². The van der Waals surface area contributed by atoms with Crippen LogP contribution in [-0.2, 0) is 19.7 Å². The highest BCUT2D eigenvalue weighted by Gasteiger charge is 2.39. The van der Waals surface area contributed by atoms with Crippen LogP contribution in [0.25, 0.3) is 0 Å². The van der Waals surface area contributed by atoms with Gasteiger partial charge in [-0.15, -0.1) is 0 Å². The number of aryl methyl sites for hydroxylation is 2. The molecule has 0 amide bonds. The molecule has 0 spiro atoms. The van der Waals surface area contributed by atoms with Gasteiger partial charge in [0.2, 0.25) is 0 Å². The van der Waals surface area contributed by atoms with Crippen LogP contribution in [0.4, 0.5) is 0 Å². The van der Waals surface area contributed by atoms with Crippen molar-refractivity contribution in [2.24, 2.45) is 0 Å². The Morgan fingerprint density at radius 1 is 0.474 bits per heavy atom. The lowest BCUT2D eigenvalue weighted by molar-refractivity contribution is 0.527. The number of rotatable bonds is 20. The summed E-state index contributed by atoms with van der Waals surface area (Å²) in [5.74, 6) is 0. The Hall–Kier alpha value is -1.66. The Labute approximate surface area is 233 Å². The van der Waals surface area contributed by atoms with E-state index in [0.29, 0.717) is 6.42 Å². The second-order valence-corrected chi connectivity index (χ2v) is 15.4. The fourth-order valence-corrected chi connectivity index (χ4v) is 9.51. The van der Waals surface area contributed by atoms with Crippen molar-refractivity contribution in [1.29, 1.82) is 0 Å². The predicted octanol–water partition coefficient (Wildman–Crippen LogP) is 9.14. The van der Waals surface area contributed by atoms with Crippen molar-refractivity contribution in [3.63, 3.8) is 0 Å². The Morgan fingerprint density at radius 3 is 1.08 bits per heavy atom. The quantitative estimate of drug-likeness (QED) is 0.151. The van der Waals surface area contributed by atoms with Crippen LogP contribution < -0.4 is 0 Å². The number of hydrogen-bond donors (Lipinski definition) is 0. The Kier molecular flexibility index (Phi) is 14.7. The third-order valence-corrected chi connectivity index (χ3v) is 12.7. The normalized spacial score (nSPS) is 12.3. The zero-order valence-electron chi connectivity index (χ0n) is 24.0. The minimum atomic E-state index is -4.04. The van der Waals surface area contributed by atoms with Crippen LogP contribution in [0.2, 0.25) is 0 Å². The first kappa shape index (κ1) is 32.6. The molecule has 214 valence electrons. The van der Waals surface area contributed by atoms with Gasteiger partial charge in [-0.25, -0.2) is 16.8 Å². The molecule has 0 aromatic heterocycles. The largest absolute Gasteiger partial charge is 0.222 e. The maximum Gasteiger partial charge on any atom is 0.195 e. The second-order valence-electron chi connectivity index (χ2n) is 10.9. The number of sulfone groups is 2. The molecule has 0 bridgehead atoms. The molecule has 0 aliphatic heterocycles. The van der Waals surface area contributed by atoms with Gasteiger partial charge in [-0.3, -0.25) is 0 Å². The van der Waals surface area contributed by atoms with Crippen LogP contribution >= 0.6 is 0 Å². The summed E-state index contributed by atoms with van der Waals surface area (Å²) in [6, 6.07) is 13.0. The zero-order chi connectivity index (χ0) is 27.9. The van der Waals surface area contributed by atoms with Crippen molar-refractivity contribution in [1.82, 2.24) is 0 Å². The third-order valence-electron chi connectivity index (χ3n) is 7.43. The van der Waals surface area contributed by atoms with E-state index in [-0.39, 0.29) is 16.2 Å². The van der Waals surface area contributed by atoms with Gasteiger partial charge in [-0.1, -0.05) is 139 Å². The molecule has 0 fully saturated rings. The smallest absolute Gasteiger partial charge is 0.195 e. The van der Waals surface area contributed by atoms with E-state index in [9.17, 15) is 16.8 Å². The van der Waals surface area contributed by atoms with E-state index in [0.717, 1.165) is 30.4 Å². The first-order chi connectivity index (χ1) is 18.2. The molecule has 0 aliphatic rings. The first-order valence-corrected chi connectivity index (χ1v) is 17.9. The first-order valence-electron chi connectivity index (χ1n) is 14.8. The Bertz CT molecular complexity index is 1040. The molecule has 4 nitrogen and oxygen atoms in total. The number of hydrogen-bond acceptors (Lipinski definition) is 4. The highest BCUT2D eigenvalue weighted by Crippen LogP contribution is 2.30. The standard InChI is InChI=1S/C32H50O4S2/c1-4-5-6-7-8-9-10-11-12-13-14-15-16-17-18-19-32(37(33,34)30-24-20-28(2)21-25-30)38(35,36)31-26-22-29(3)23-27-31/h20-27,32H,4-19H2,1-3H3. The van der Waals surface area contributed by atoms with Gasteiger partial charge in [0.25, 0.3) is 0 Å². The molecule has 38 heavy (non-hydrogen) atoms. The van der Waals surface area contributed by atoms with E-state index in [1.807, 2.05) is 13.8 Å². The van der Waals surface area contributed by atoms with Gasteiger partial charge < -0.3 is 0 Å². The average molecular weight is 563 g/mol. The van der Waals surface area contributed by atoms with Gasteiger partial charge in [-0.05, 0) is 44.5 Å². The van der Waals surface area contributed by atoms with Crippen LogP contribution in [0.3, 0.4) is 0 Å². The van der Waals surface area contributed by atoms with Crippen molar-refractivity contribution in [3.8, 4) is 0 Å².